The van der Waals surface area contributed by atoms with Gasteiger partial charge in [0.1, 0.15) is 4.99 Å². The van der Waals surface area contributed by atoms with Gasteiger partial charge in [0, 0.05) is 29.9 Å². The molecule has 1 unspecified atom stereocenters. The lowest BCUT2D eigenvalue weighted by Gasteiger charge is -2.25. The minimum Gasteiger partial charge on any atom is -0.389 e. The number of benzene rings is 1. The van der Waals surface area contributed by atoms with E-state index in [4.69, 9.17) is 18.0 Å². The van der Waals surface area contributed by atoms with Crippen LogP contribution in [0, 0.1) is 6.92 Å². The number of thiocarbonyl (C=S) groups is 1. The van der Waals surface area contributed by atoms with E-state index in [1.165, 1.54) is 18.4 Å². The van der Waals surface area contributed by atoms with Gasteiger partial charge in [0.25, 0.3) is 0 Å². The molecule has 3 N–H and O–H groups in total. The van der Waals surface area contributed by atoms with Crippen molar-refractivity contribution in [1.82, 2.24) is 4.90 Å². The van der Waals surface area contributed by atoms with Crippen molar-refractivity contribution >= 4 is 22.9 Å². The monoisotopic (exact) mass is 277 g/mol. The highest BCUT2D eigenvalue weighted by atomic mass is 32.1. The first-order valence-electron chi connectivity index (χ1n) is 6.85. The Morgan fingerprint density at radius 3 is 2.79 bits per heavy atom. The smallest absolute Gasteiger partial charge is 0.106 e. The van der Waals surface area contributed by atoms with E-state index >= 15 is 0 Å². The predicted octanol–water partition coefficient (Wildman–Crippen LogP) is 2.52. The van der Waals surface area contributed by atoms with Gasteiger partial charge in [-0.1, -0.05) is 18.3 Å². The summed E-state index contributed by atoms with van der Waals surface area (Å²) in [5, 5.41) is 3.49. The third-order valence-electron chi connectivity index (χ3n) is 3.85. The van der Waals surface area contributed by atoms with Gasteiger partial charge >= 0.3 is 0 Å². The van der Waals surface area contributed by atoms with Crippen molar-refractivity contribution in [3.8, 4) is 0 Å². The average Bonchev–Trinajstić information content (AvgIpc) is 3.18. The van der Waals surface area contributed by atoms with E-state index in [1.807, 2.05) is 12.1 Å². The zero-order valence-corrected chi connectivity index (χ0v) is 12.8. The van der Waals surface area contributed by atoms with Gasteiger partial charge in [-0.25, -0.2) is 0 Å². The SMILES string of the molecule is Cc1ccc(C(N)=S)c(NCC(C)N(C)C2CC2)c1. The number of nitrogens with zero attached hydrogens (tertiary/aromatic N) is 1. The summed E-state index contributed by atoms with van der Waals surface area (Å²) >= 11 is 5.10. The van der Waals surface area contributed by atoms with E-state index in [0.29, 0.717) is 11.0 Å². The van der Waals surface area contributed by atoms with Crippen molar-refractivity contribution < 1.29 is 0 Å². The number of hydrogen-bond acceptors (Lipinski definition) is 3. The van der Waals surface area contributed by atoms with Gasteiger partial charge in [-0.05, 0) is 51.4 Å². The molecule has 0 heterocycles. The average molecular weight is 277 g/mol. The molecule has 0 bridgehead atoms. The largest absolute Gasteiger partial charge is 0.389 e. The Morgan fingerprint density at radius 2 is 2.21 bits per heavy atom. The molecular weight excluding hydrogens is 254 g/mol. The number of likely N-dealkylation sites (N-methyl/N-ethyl adjacent to an activating group) is 1. The van der Waals surface area contributed by atoms with Crippen LogP contribution in [0.25, 0.3) is 0 Å². The molecule has 1 fully saturated rings. The van der Waals surface area contributed by atoms with Gasteiger partial charge in [-0.2, -0.15) is 0 Å². The van der Waals surface area contributed by atoms with Crippen molar-refractivity contribution in [3.63, 3.8) is 0 Å². The van der Waals surface area contributed by atoms with E-state index in [1.54, 1.807) is 0 Å². The summed E-state index contributed by atoms with van der Waals surface area (Å²) in [5.74, 6) is 0. The minimum atomic E-state index is 0.450. The van der Waals surface area contributed by atoms with Crippen LogP contribution in [0.2, 0.25) is 0 Å². The van der Waals surface area contributed by atoms with Crippen molar-refractivity contribution in [2.24, 2.45) is 5.73 Å². The van der Waals surface area contributed by atoms with Crippen LogP contribution in [0.3, 0.4) is 0 Å². The topological polar surface area (TPSA) is 41.3 Å². The summed E-state index contributed by atoms with van der Waals surface area (Å²) in [6.45, 7) is 5.24. The minimum absolute atomic E-state index is 0.450. The number of nitrogens with one attached hydrogen (secondary N) is 1. The van der Waals surface area contributed by atoms with Crippen LogP contribution in [-0.4, -0.2) is 35.6 Å². The quantitative estimate of drug-likeness (QED) is 0.784. The number of hydrogen-bond donors (Lipinski definition) is 2. The fraction of sp³-hybridized carbons (Fsp3) is 0.533. The second-order valence-corrected chi connectivity index (χ2v) is 5.98. The lowest BCUT2D eigenvalue weighted by atomic mass is 10.1. The molecule has 19 heavy (non-hydrogen) atoms. The maximum atomic E-state index is 5.77. The van der Waals surface area contributed by atoms with E-state index in [9.17, 15) is 0 Å². The molecule has 0 amide bonds. The van der Waals surface area contributed by atoms with Crippen molar-refractivity contribution in [1.29, 1.82) is 0 Å². The molecule has 0 saturated heterocycles. The lowest BCUT2D eigenvalue weighted by Crippen LogP contribution is -2.36. The maximum absolute atomic E-state index is 5.77. The highest BCUT2D eigenvalue weighted by Crippen LogP contribution is 2.27. The van der Waals surface area contributed by atoms with E-state index in [2.05, 4.69) is 37.2 Å². The Kier molecular flexibility index (Phi) is 4.42. The Balaban J connectivity index is 2.01. The first-order chi connectivity index (χ1) is 8.99. The summed E-state index contributed by atoms with van der Waals surface area (Å²) in [6, 6.07) is 7.43. The Morgan fingerprint density at radius 1 is 1.53 bits per heavy atom. The second-order valence-electron chi connectivity index (χ2n) is 5.54. The number of rotatable bonds is 6. The molecule has 1 aromatic carbocycles. The highest BCUT2D eigenvalue weighted by Gasteiger charge is 2.28. The Bertz CT molecular complexity index is 468. The Labute approximate surface area is 121 Å². The molecule has 1 saturated carbocycles. The molecule has 0 aromatic heterocycles. The predicted molar refractivity (Wildman–Crippen MR) is 85.8 cm³/mol. The van der Waals surface area contributed by atoms with Crippen LogP contribution in [0.15, 0.2) is 18.2 Å². The van der Waals surface area contributed by atoms with Crippen molar-refractivity contribution in [3.05, 3.63) is 29.3 Å². The van der Waals surface area contributed by atoms with E-state index in [0.717, 1.165) is 23.8 Å². The fourth-order valence-electron chi connectivity index (χ4n) is 2.26. The van der Waals surface area contributed by atoms with E-state index in [-0.39, 0.29) is 0 Å². The number of nitrogens with two attached hydrogens (primary N) is 1. The third kappa shape index (κ3) is 3.67. The molecule has 4 heteroatoms. The first-order valence-corrected chi connectivity index (χ1v) is 7.26. The fourth-order valence-corrected chi connectivity index (χ4v) is 2.44. The molecule has 3 nitrogen and oxygen atoms in total. The van der Waals surface area contributed by atoms with Crippen molar-refractivity contribution in [2.45, 2.75) is 38.8 Å². The van der Waals surface area contributed by atoms with Gasteiger partial charge in [-0.15, -0.1) is 0 Å². The van der Waals surface area contributed by atoms with Crippen LogP contribution in [0.5, 0.6) is 0 Å². The molecule has 1 atom stereocenters. The molecule has 0 radical (unpaired) electrons. The highest BCUT2D eigenvalue weighted by molar-refractivity contribution is 7.80. The van der Waals surface area contributed by atoms with Gasteiger partial charge in [0.05, 0.1) is 0 Å². The molecule has 1 aliphatic rings. The summed E-state index contributed by atoms with van der Waals surface area (Å²) in [6.07, 6.45) is 2.67. The second kappa shape index (κ2) is 5.88. The van der Waals surface area contributed by atoms with Gasteiger partial charge in [0.15, 0.2) is 0 Å². The Hall–Kier alpha value is -1.13. The zero-order chi connectivity index (χ0) is 14.0. The molecule has 0 spiro atoms. The molecule has 1 aromatic rings. The third-order valence-corrected chi connectivity index (χ3v) is 4.07. The van der Waals surface area contributed by atoms with Crippen LogP contribution >= 0.6 is 12.2 Å². The summed E-state index contributed by atoms with van der Waals surface area (Å²) < 4.78 is 0. The normalized spacial score (nSPS) is 16.4. The van der Waals surface area contributed by atoms with Gasteiger partial charge in [0.2, 0.25) is 0 Å². The first kappa shape index (κ1) is 14.3. The van der Waals surface area contributed by atoms with Crippen LogP contribution < -0.4 is 11.1 Å². The number of anilines is 1. The van der Waals surface area contributed by atoms with Crippen LogP contribution in [0.4, 0.5) is 5.69 Å². The van der Waals surface area contributed by atoms with Gasteiger partial charge in [-0.3, -0.25) is 4.90 Å². The molecule has 2 rings (SSSR count). The number of aryl methyl sites for hydroxylation is 1. The van der Waals surface area contributed by atoms with E-state index < -0.39 is 0 Å². The van der Waals surface area contributed by atoms with Crippen molar-refractivity contribution in [2.75, 3.05) is 18.9 Å². The molecule has 0 aliphatic heterocycles. The molecular formula is C15H23N3S. The van der Waals surface area contributed by atoms with Gasteiger partial charge < -0.3 is 11.1 Å². The summed E-state index contributed by atoms with van der Waals surface area (Å²) in [5.41, 5.74) is 8.96. The van der Waals surface area contributed by atoms with Crippen LogP contribution in [-0.2, 0) is 0 Å². The van der Waals surface area contributed by atoms with Crippen LogP contribution in [0.1, 0.15) is 30.9 Å². The molecule has 1 aliphatic carbocycles. The lowest BCUT2D eigenvalue weighted by molar-refractivity contribution is 0.257. The maximum Gasteiger partial charge on any atom is 0.106 e. The summed E-state index contributed by atoms with van der Waals surface area (Å²) in [4.78, 5) is 2.90. The molecule has 104 valence electrons. The summed E-state index contributed by atoms with van der Waals surface area (Å²) in [7, 11) is 2.20. The zero-order valence-electron chi connectivity index (χ0n) is 11.9. The standard InChI is InChI=1S/C15H23N3S/c1-10-4-7-13(15(16)19)14(8-10)17-9-11(2)18(3)12-5-6-12/h4,7-8,11-12,17H,5-6,9H2,1-3H3,(H2,16,19).